The van der Waals surface area contributed by atoms with Crippen LogP contribution in [0.15, 0.2) is 103 Å². The molecule has 0 radical (unpaired) electrons. The van der Waals surface area contributed by atoms with Crippen molar-refractivity contribution in [3.05, 3.63) is 109 Å². The highest BCUT2D eigenvalue weighted by Gasteiger charge is 2.45. The molecule has 0 unspecified atom stereocenters. The van der Waals surface area contributed by atoms with Gasteiger partial charge in [0.2, 0.25) is 5.69 Å². The first-order valence-electron chi connectivity index (χ1n) is 11.2. The van der Waals surface area contributed by atoms with Gasteiger partial charge in [-0.3, -0.25) is 0 Å². The zero-order chi connectivity index (χ0) is 21.4. The molecule has 1 aliphatic heterocycles. The van der Waals surface area contributed by atoms with E-state index in [0.717, 1.165) is 0 Å². The molecule has 0 amide bonds. The molecule has 6 aromatic rings. The number of pyridine rings is 1. The highest BCUT2D eigenvalue weighted by molar-refractivity contribution is 6.13. The van der Waals surface area contributed by atoms with Crippen molar-refractivity contribution in [1.29, 1.82) is 0 Å². The topological polar surface area (TPSA) is 8.81 Å². The van der Waals surface area contributed by atoms with Gasteiger partial charge in [-0.2, -0.15) is 4.57 Å². The van der Waals surface area contributed by atoms with E-state index in [0.29, 0.717) is 0 Å². The standard InChI is InChI=1S/C30H23N2/c1-30(2)29-24(27-18-20-10-6-7-11-21(20)19-31(27)30)16-17-26-28(29)23-14-8-9-15-25(23)32(26)22-12-4-3-5-13-22/h3-19H,1-2H3/q+1. The number of benzene rings is 4. The molecule has 0 spiro atoms. The summed E-state index contributed by atoms with van der Waals surface area (Å²) < 4.78 is 4.87. The summed E-state index contributed by atoms with van der Waals surface area (Å²) in [6.07, 6.45) is 2.33. The Bertz CT molecular complexity index is 1690. The molecule has 1 aliphatic rings. The summed E-state index contributed by atoms with van der Waals surface area (Å²) in [6.45, 7) is 4.70. The largest absolute Gasteiger partial charge is 0.309 e. The van der Waals surface area contributed by atoms with Crippen molar-refractivity contribution in [2.75, 3.05) is 0 Å². The van der Waals surface area contributed by atoms with Crippen LogP contribution in [0.4, 0.5) is 0 Å². The Kier molecular flexibility index (Phi) is 3.37. The Morgan fingerprint density at radius 2 is 1.41 bits per heavy atom. The van der Waals surface area contributed by atoms with Gasteiger partial charge in [0, 0.05) is 47.3 Å². The van der Waals surface area contributed by atoms with Crippen LogP contribution in [0.1, 0.15) is 19.4 Å². The van der Waals surface area contributed by atoms with Gasteiger partial charge in [-0.15, -0.1) is 0 Å². The average Bonchev–Trinajstić information content (AvgIpc) is 3.27. The van der Waals surface area contributed by atoms with E-state index >= 15 is 0 Å². The van der Waals surface area contributed by atoms with E-state index in [4.69, 9.17) is 0 Å². The van der Waals surface area contributed by atoms with Gasteiger partial charge in [0.15, 0.2) is 11.7 Å². The van der Waals surface area contributed by atoms with Gasteiger partial charge in [0.05, 0.1) is 16.6 Å². The molecule has 32 heavy (non-hydrogen) atoms. The predicted octanol–water partition coefficient (Wildman–Crippen LogP) is 6.99. The van der Waals surface area contributed by atoms with Gasteiger partial charge in [0.25, 0.3) is 0 Å². The van der Waals surface area contributed by atoms with Crippen molar-refractivity contribution in [3.8, 4) is 16.9 Å². The number of para-hydroxylation sites is 2. The summed E-state index contributed by atoms with van der Waals surface area (Å²) in [4.78, 5) is 0. The molecule has 0 atom stereocenters. The monoisotopic (exact) mass is 411 g/mol. The Hall–Kier alpha value is -3.91. The van der Waals surface area contributed by atoms with Crippen LogP contribution in [0, 0.1) is 0 Å². The molecule has 0 fully saturated rings. The van der Waals surface area contributed by atoms with Gasteiger partial charge in [-0.1, -0.05) is 54.6 Å². The van der Waals surface area contributed by atoms with Gasteiger partial charge in [-0.05, 0) is 41.8 Å². The molecule has 0 N–H and O–H groups in total. The molecule has 2 aromatic heterocycles. The number of nitrogens with zero attached hydrogens (tertiary/aromatic N) is 2. The molecular weight excluding hydrogens is 388 g/mol. The van der Waals surface area contributed by atoms with Gasteiger partial charge in [-0.25, -0.2) is 0 Å². The van der Waals surface area contributed by atoms with Gasteiger partial charge >= 0.3 is 0 Å². The van der Waals surface area contributed by atoms with Crippen LogP contribution in [-0.2, 0) is 5.54 Å². The molecular formula is C30H23N2+. The summed E-state index contributed by atoms with van der Waals surface area (Å²) >= 11 is 0. The fourth-order valence-corrected chi connectivity index (χ4v) is 5.74. The Balaban J connectivity index is 1.65. The SMILES string of the molecule is CC1(C)c2c(ccc3c2c2ccccc2n3-c2ccccc2)-c2cc3ccccc3c[n+]21. The van der Waals surface area contributed by atoms with Crippen molar-refractivity contribution < 1.29 is 4.57 Å². The maximum atomic E-state index is 2.47. The van der Waals surface area contributed by atoms with Crippen LogP contribution in [0.3, 0.4) is 0 Å². The summed E-state index contributed by atoms with van der Waals surface area (Å²) in [6, 6.07) is 35.2. The maximum Gasteiger partial charge on any atom is 0.214 e. The lowest BCUT2D eigenvalue weighted by molar-refractivity contribution is -0.730. The van der Waals surface area contributed by atoms with Crippen LogP contribution in [0.5, 0.6) is 0 Å². The van der Waals surface area contributed by atoms with Crippen molar-refractivity contribution in [2.45, 2.75) is 19.4 Å². The summed E-state index contributed by atoms with van der Waals surface area (Å²) in [5, 5.41) is 5.24. The first kappa shape index (κ1) is 17.7. The fourth-order valence-electron chi connectivity index (χ4n) is 5.74. The number of fused-ring (bicyclic) bond motifs is 8. The lowest BCUT2D eigenvalue weighted by atomic mass is 9.89. The predicted molar refractivity (Wildman–Crippen MR) is 132 cm³/mol. The summed E-state index contributed by atoms with van der Waals surface area (Å²) in [5.41, 5.74) is 7.61. The number of hydrogen-bond donors (Lipinski definition) is 0. The second-order valence-corrected chi connectivity index (χ2v) is 9.29. The van der Waals surface area contributed by atoms with E-state index in [1.807, 2.05) is 0 Å². The molecule has 152 valence electrons. The van der Waals surface area contributed by atoms with Crippen LogP contribution < -0.4 is 4.57 Å². The molecule has 0 saturated heterocycles. The molecule has 3 heterocycles. The van der Waals surface area contributed by atoms with E-state index in [1.54, 1.807) is 0 Å². The van der Waals surface area contributed by atoms with E-state index in [-0.39, 0.29) is 5.54 Å². The van der Waals surface area contributed by atoms with E-state index in [2.05, 4.69) is 126 Å². The molecule has 0 saturated carbocycles. The molecule has 2 nitrogen and oxygen atoms in total. The third-order valence-corrected chi connectivity index (χ3v) is 7.16. The Morgan fingerprint density at radius 3 is 2.25 bits per heavy atom. The van der Waals surface area contributed by atoms with Crippen LogP contribution in [-0.4, -0.2) is 4.57 Å². The number of aromatic nitrogens is 2. The number of hydrogen-bond acceptors (Lipinski definition) is 0. The Labute approximate surface area is 187 Å². The van der Waals surface area contributed by atoms with Crippen LogP contribution in [0.25, 0.3) is 49.5 Å². The molecule has 7 rings (SSSR count). The second kappa shape index (κ2) is 6.08. The van der Waals surface area contributed by atoms with Gasteiger partial charge < -0.3 is 4.57 Å². The van der Waals surface area contributed by atoms with Crippen molar-refractivity contribution in [2.24, 2.45) is 0 Å². The average molecular weight is 412 g/mol. The van der Waals surface area contributed by atoms with Crippen molar-refractivity contribution in [3.63, 3.8) is 0 Å². The lowest BCUT2D eigenvalue weighted by Gasteiger charge is -2.16. The van der Waals surface area contributed by atoms with E-state index in [1.165, 1.54) is 55.1 Å². The summed E-state index contributed by atoms with van der Waals surface area (Å²) in [7, 11) is 0. The van der Waals surface area contributed by atoms with Crippen molar-refractivity contribution >= 4 is 32.6 Å². The fraction of sp³-hybridized carbons (Fsp3) is 0.100. The van der Waals surface area contributed by atoms with E-state index < -0.39 is 0 Å². The third kappa shape index (κ3) is 2.17. The molecule has 2 heteroatoms. The minimum absolute atomic E-state index is 0.153. The number of rotatable bonds is 1. The first-order valence-corrected chi connectivity index (χ1v) is 11.2. The zero-order valence-corrected chi connectivity index (χ0v) is 18.2. The second-order valence-electron chi connectivity index (χ2n) is 9.29. The minimum Gasteiger partial charge on any atom is -0.309 e. The minimum atomic E-state index is -0.153. The Morgan fingerprint density at radius 1 is 0.688 bits per heavy atom. The maximum absolute atomic E-state index is 2.47. The normalized spacial score (nSPS) is 14.2. The molecule has 4 aromatic carbocycles. The quantitative estimate of drug-likeness (QED) is 0.258. The van der Waals surface area contributed by atoms with Crippen molar-refractivity contribution in [1.82, 2.24) is 4.57 Å². The molecule has 0 aliphatic carbocycles. The van der Waals surface area contributed by atoms with E-state index in [9.17, 15) is 0 Å². The lowest BCUT2D eigenvalue weighted by Crippen LogP contribution is -2.50. The zero-order valence-electron chi connectivity index (χ0n) is 18.2. The molecule has 0 bridgehead atoms. The van der Waals surface area contributed by atoms with Gasteiger partial charge in [0.1, 0.15) is 0 Å². The smallest absolute Gasteiger partial charge is 0.214 e. The highest BCUT2D eigenvalue weighted by Crippen LogP contribution is 2.46. The third-order valence-electron chi connectivity index (χ3n) is 7.16. The van der Waals surface area contributed by atoms with Crippen LogP contribution >= 0.6 is 0 Å². The highest BCUT2D eigenvalue weighted by atomic mass is 15.1. The van der Waals surface area contributed by atoms with Crippen LogP contribution in [0.2, 0.25) is 0 Å². The summed E-state index contributed by atoms with van der Waals surface area (Å²) in [5.74, 6) is 0. The first-order chi connectivity index (χ1) is 15.6.